The summed E-state index contributed by atoms with van der Waals surface area (Å²) < 4.78 is 10.7. The van der Waals surface area contributed by atoms with Crippen LogP contribution in [0.25, 0.3) is 0 Å². The molecule has 0 fully saturated rings. The molecule has 144 valence electrons. The van der Waals surface area contributed by atoms with Crippen molar-refractivity contribution in [2.24, 2.45) is 5.73 Å². The molecule has 0 aliphatic carbocycles. The summed E-state index contributed by atoms with van der Waals surface area (Å²) in [7, 11) is 3.24. The number of primary amides is 1. The molecule has 0 saturated carbocycles. The van der Waals surface area contributed by atoms with E-state index in [4.69, 9.17) is 26.8 Å². The molecular formula is C21H20ClN3O3. The van der Waals surface area contributed by atoms with Crippen molar-refractivity contribution in [1.82, 2.24) is 4.98 Å². The second kappa shape index (κ2) is 8.63. The van der Waals surface area contributed by atoms with E-state index in [1.807, 2.05) is 48.5 Å². The maximum atomic E-state index is 11.3. The Balaban J connectivity index is 2.04. The van der Waals surface area contributed by atoms with E-state index in [9.17, 15) is 4.79 Å². The molecule has 7 heteroatoms. The molecule has 0 unspecified atom stereocenters. The summed E-state index contributed by atoms with van der Waals surface area (Å²) in [5.41, 5.74) is 7.44. The molecule has 1 amide bonds. The number of pyridine rings is 1. The zero-order valence-electron chi connectivity index (χ0n) is 15.5. The molecule has 1 heterocycles. The second-order valence-corrected chi connectivity index (χ2v) is 6.46. The van der Waals surface area contributed by atoms with E-state index in [2.05, 4.69) is 10.3 Å². The number of aromatic nitrogens is 1. The number of nitrogens with zero attached hydrogens (tertiary/aromatic N) is 1. The van der Waals surface area contributed by atoms with Crippen LogP contribution in [0.3, 0.4) is 0 Å². The van der Waals surface area contributed by atoms with Gasteiger partial charge in [-0.25, -0.2) is 4.98 Å². The second-order valence-electron chi connectivity index (χ2n) is 6.05. The summed E-state index contributed by atoms with van der Waals surface area (Å²) in [5, 5.41) is 3.64. The minimum absolute atomic E-state index is 0.245. The van der Waals surface area contributed by atoms with Crippen molar-refractivity contribution in [2.75, 3.05) is 19.5 Å². The number of rotatable bonds is 7. The van der Waals surface area contributed by atoms with Crippen LogP contribution in [0.5, 0.6) is 11.5 Å². The maximum Gasteiger partial charge on any atom is 0.250 e. The van der Waals surface area contributed by atoms with Gasteiger partial charge in [-0.1, -0.05) is 35.9 Å². The highest BCUT2D eigenvalue weighted by molar-refractivity contribution is 6.33. The third-order valence-electron chi connectivity index (χ3n) is 4.26. The quantitative estimate of drug-likeness (QED) is 0.628. The molecular weight excluding hydrogens is 378 g/mol. The number of hydrogen-bond donors (Lipinski definition) is 2. The smallest absolute Gasteiger partial charge is 0.250 e. The molecule has 0 aliphatic heterocycles. The highest BCUT2D eigenvalue weighted by atomic mass is 35.5. The van der Waals surface area contributed by atoms with Gasteiger partial charge in [0.2, 0.25) is 5.91 Å². The Labute approximate surface area is 168 Å². The Morgan fingerprint density at radius 1 is 1.04 bits per heavy atom. The Kier molecular flexibility index (Phi) is 6.01. The Hall–Kier alpha value is -3.25. The predicted molar refractivity (Wildman–Crippen MR) is 109 cm³/mol. The number of carbonyl (C=O) groups is 1. The van der Waals surface area contributed by atoms with Gasteiger partial charge in [0.05, 0.1) is 30.8 Å². The number of hydrogen-bond acceptors (Lipinski definition) is 5. The molecule has 0 atom stereocenters. The molecule has 0 spiro atoms. The van der Waals surface area contributed by atoms with Gasteiger partial charge in [0.1, 0.15) is 17.3 Å². The lowest BCUT2D eigenvalue weighted by molar-refractivity contribution is 0.1000. The molecule has 0 radical (unpaired) electrons. The molecule has 28 heavy (non-hydrogen) atoms. The van der Waals surface area contributed by atoms with Gasteiger partial charge < -0.3 is 20.5 Å². The average molecular weight is 398 g/mol. The first-order valence-corrected chi connectivity index (χ1v) is 8.89. The number of carbonyl (C=O) groups excluding carboxylic acids is 1. The van der Waals surface area contributed by atoms with Gasteiger partial charge in [-0.05, 0) is 41.5 Å². The fraction of sp³-hybridized carbons (Fsp3) is 0.143. The zero-order chi connectivity index (χ0) is 20.1. The summed E-state index contributed by atoms with van der Waals surface area (Å²) in [6.45, 7) is 0. The average Bonchev–Trinajstić information content (AvgIpc) is 2.72. The summed E-state index contributed by atoms with van der Waals surface area (Å²) in [4.78, 5) is 15.6. The standard InChI is InChI=1S/C21H20ClN3O3/c1-27-16-7-3-5-13(9-16)19(14-6-4-8-17(10-14)28-2)25-21-18(22)11-15(12-24-21)20(23)26/h3-12,19H,1-2H3,(H2,23,26)(H,24,25). The third-order valence-corrected chi connectivity index (χ3v) is 4.55. The molecule has 6 nitrogen and oxygen atoms in total. The number of nitrogens with one attached hydrogen (secondary N) is 1. The Morgan fingerprint density at radius 2 is 1.61 bits per heavy atom. The van der Waals surface area contributed by atoms with Crippen molar-refractivity contribution < 1.29 is 14.3 Å². The predicted octanol–water partition coefficient (Wildman–Crippen LogP) is 4.05. The topological polar surface area (TPSA) is 86.5 Å². The van der Waals surface area contributed by atoms with E-state index >= 15 is 0 Å². The number of halogens is 1. The first-order valence-electron chi connectivity index (χ1n) is 8.51. The minimum atomic E-state index is -0.585. The van der Waals surface area contributed by atoms with E-state index in [0.717, 1.165) is 22.6 Å². The van der Waals surface area contributed by atoms with E-state index < -0.39 is 5.91 Å². The van der Waals surface area contributed by atoms with Gasteiger partial charge in [-0.15, -0.1) is 0 Å². The Bertz CT molecular complexity index is 947. The van der Waals surface area contributed by atoms with E-state index in [0.29, 0.717) is 10.8 Å². The van der Waals surface area contributed by atoms with Crippen molar-refractivity contribution in [3.63, 3.8) is 0 Å². The number of benzene rings is 2. The highest BCUT2D eigenvalue weighted by Crippen LogP contribution is 2.32. The van der Waals surface area contributed by atoms with E-state index in [1.54, 1.807) is 14.2 Å². The van der Waals surface area contributed by atoms with E-state index in [1.165, 1.54) is 12.3 Å². The zero-order valence-corrected chi connectivity index (χ0v) is 16.2. The Morgan fingerprint density at radius 3 is 2.07 bits per heavy atom. The van der Waals surface area contributed by atoms with Crippen LogP contribution >= 0.6 is 11.6 Å². The van der Waals surface area contributed by atoms with Gasteiger partial charge in [-0.3, -0.25) is 4.79 Å². The molecule has 0 aliphatic rings. The van der Waals surface area contributed by atoms with Gasteiger partial charge >= 0.3 is 0 Å². The van der Waals surface area contributed by atoms with Crippen LogP contribution in [-0.4, -0.2) is 25.1 Å². The number of anilines is 1. The first-order chi connectivity index (χ1) is 13.5. The fourth-order valence-corrected chi connectivity index (χ4v) is 3.04. The number of methoxy groups -OCH3 is 2. The lowest BCUT2D eigenvalue weighted by Gasteiger charge is -2.22. The molecule has 2 aromatic carbocycles. The van der Waals surface area contributed by atoms with Gasteiger partial charge in [0.15, 0.2) is 0 Å². The van der Waals surface area contributed by atoms with Crippen LogP contribution in [0.2, 0.25) is 5.02 Å². The van der Waals surface area contributed by atoms with Crippen LogP contribution in [0.4, 0.5) is 5.82 Å². The van der Waals surface area contributed by atoms with Crippen molar-refractivity contribution in [2.45, 2.75) is 6.04 Å². The molecule has 0 bridgehead atoms. The van der Waals surface area contributed by atoms with Gasteiger partial charge in [0.25, 0.3) is 0 Å². The number of nitrogens with two attached hydrogens (primary N) is 1. The summed E-state index contributed by atoms with van der Waals surface area (Å²) >= 11 is 6.33. The van der Waals surface area contributed by atoms with Gasteiger partial charge in [-0.2, -0.15) is 0 Å². The first kappa shape index (κ1) is 19.5. The maximum absolute atomic E-state index is 11.3. The van der Waals surface area contributed by atoms with Crippen molar-refractivity contribution in [3.05, 3.63) is 82.5 Å². The number of ether oxygens (including phenoxy) is 2. The van der Waals surface area contributed by atoms with Crippen LogP contribution in [-0.2, 0) is 0 Å². The molecule has 0 saturated heterocycles. The van der Waals surface area contributed by atoms with Crippen LogP contribution in [0.15, 0.2) is 60.8 Å². The van der Waals surface area contributed by atoms with Crippen molar-refractivity contribution >= 4 is 23.3 Å². The minimum Gasteiger partial charge on any atom is -0.497 e. The molecule has 3 aromatic rings. The SMILES string of the molecule is COc1cccc(C(Nc2ncc(C(N)=O)cc2Cl)c2cccc(OC)c2)c1. The molecule has 3 rings (SSSR count). The highest BCUT2D eigenvalue weighted by Gasteiger charge is 2.18. The number of amides is 1. The fourth-order valence-electron chi connectivity index (χ4n) is 2.82. The van der Waals surface area contributed by atoms with Crippen LogP contribution in [0, 0.1) is 0 Å². The lowest BCUT2D eigenvalue weighted by Crippen LogP contribution is -2.15. The summed E-state index contributed by atoms with van der Waals surface area (Å²) in [5.74, 6) is 1.31. The van der Waals surface area contributed by atoms with Crippen LogP contribution < -0.4 is 20.5 Å². The van der Waals surface area contributed by atoms with Crippen molar-refractivity contribution in [1.29, 1.82) is 0 Å². The van der Waals surface area contributed by atoms with Crippen LogP contribution in [0.1, 0.15) is 27.5 Å². The monoisotopic (exact) mass is 397 g/mol. The summed E-state index contributed by atoms with van der Waals surface area (Å²) in [6.07, 6.45) is 1.39. The normalized spacial score (nSPS) is 10.6. The lowest BCUT2D eigenvalue weighted by atomic mass is 9.98. The van der Waals surface area contributed by atoms with Crippen molar-refractivity contribution in [3.8, 4) is 11.5 Å². The molecule has 3 N–H and O–H groups in total. The summed E-state index contributed by atoms with van der Waals surface area (Å²) in [6, 6.07) is 16.6. The van der Waals surface area contributed by atoms with E-state index in [-0.39, 0.29) is 11.6 Å². The largest absolute Gasteiger partial charge is 0.497 e. The molecule has 1 aromatic heterocycles. The van der Waals surface area contributed by atoms with Gasteiger partial charge in [0, 0.05) is 6.20 Å². The third kappa shape index (κ3) is 4.35.